The minimum absolute atomic E-state index is 0.0331. The maximum Gasteiger partial charge on any atom is 0.251 e. The summed E-state index contributed by atoms with van der Waals surface area (Å²) in [6, 6.07) is 14.4. The molecule has 6 heteroatoms. The molecule has 3 N–H and O–H groups in total. The number of hydrogen-bond acceptors (Lipinski definition) is 3. The SMILES string of the molecule is CC(C)C(=O)Nc1ccc(NC(=O)CCNC(=O)c2ccc(C(C)(C)C)cc2)cc1. The first kappa shape index (κ1) is 23.1. The maximum atomic E-state index is 12.2. The second kappa shape index (κ2) is 10.1. The first-order valence-corrected chi connectivity index (χ1v) is 10.2. The van der Waals surface area contributed by atoms with Crippen molar-refractivity contribution < 1.29 is 14.4 Å². The van der Waals surface area contributed by atoms with E-state index in [2.05, 4.69) is 36.7 Å². The van der Waals surface area contributed by atoms with Gasteiger partial charge in [0, 0.05) is 35.8 Å². The van der Waals surface area contributed by atoms with Gasteiger partial charge in [0.05, 0.1) is 0 Å². The summed E-state index contributed by atoms with van der Waals surface area (Å²) in [4.78, 5) is 36.0. The van der Waals surface area contributed by atoms with E-state index in [1.165, 1.54) is 0 Å². The molecule has 0 fully saturated rings. The fourth-order valence-corrected chi connectivity index (χ4v) is 2.66. The number of amides is 3. The van der Waals surface area contributed by atoms with Crippen LogP contribution in [0.15, 0.2) is 48.5 Å². The maximum absolute atomic E-state index is 12.2. The van der Waals surface area contributed by atoms with Gasteiger partial charge in [-0.3, -0.25) is 14.4 Å². The molecule has 0 saturated heterocycles. The van der Waals surface area contributed by atoms with Crippen LogP contribution in [0.1, 0.15) is 57.0 Å². The minimum atomic E-state index is -0.200. The van der Waals surface area contributed by atoms with Crippen LogP contribution < -0.4 is 16.0 Å². The topological polar surface area (TPSA) is 87.3 Å². The zero-order chi connectivity index (χ0) is 22.3. The van der Waals surface area contributed by atoms with Gasteiger partial charge in [-0.15, -0.1) is 0 Å². The third kappa shape index (κ3) is 7.03. The largest absolute Gasteiger partial charge is 0.352 e. The van der Waals surface area contributed by atoms with Crippen molar-refractivity contribution in [1.82, 2.24) is 5.32 Å². The zero-order valence-corrected chi connectivity index (χ0v) is 18.3. The Kier molecular flexibility index (Phi) is 7.75. The molecule has 0 atom stereocenters. The van der Waals surface area contributed by atoms with Crippen LogP contribution in [-0.2, 0) is 15.0 Å². The number of nitrogens with one attached hydrogen (secondary N) is 3. The van der Waals surface area contributed by atoms with Crippen molar-refractivity contribution in [1.29, 1.82) is 0 Å². The Morgan fingerprint density at radius 2 is 1.37 bits per heavy atom. The van der Waals surface area contributed by atoms with E-state index in [-0.39, 0.29) is 42.0 Å². The molecule has 0 saturated carbocycles. The van der Waals surface area contributed by atoms with Crippen molar-refractivity contribution in [2.24, 2.45) is 5.92 Å². The Bertz CT molecular complexity index is 879. The van der Waals surface area contributed by atoms with Crippen LogP contribution in [0.2, 0.25) is 0 Å². The zero-order valence-electron chi connectivity index (χ0n) is 18.3. The Morgan fingerprint density at radius 3 is 1.87 bits per heavy atom. The van der Waals surface area contributed by atoms with Gasteiger partial charge in [0.1, 0.15) is 0 Å². The lowest BCUT2D eigenvalue weighted by Gasteiger charge is -2.19. The molecule has 0 spiro atoms. The van der Waals surface area contributed by atoms with Gasteiger partial charge in [-0.1, -0.05) is 46.8 Å². The number of benzene rings is 2. The standard InChI is InChI=1S/C24H31N3O3/c1-16(2)22(29)27-20-12-10-19(11-13-20)26-21(28)14-15-25-23(30)17-6-8-18(9-7-17)24(3,4)5/h6-13,16H,14-15H2,1-5H3,(H,25,30)(H,26,28)(H,27,29). The molecule has 160 valence electrons. The molecule has 0 radical (unpaired) electrons. The first-order chi connectivity index (χ1) is 14.1. The molecule has 30 heavy (non-hydrogen) atoms. The highest BCUT2D eigenvalue weighted by atomic mass is 16.2. The lowest BCUT2D eigenvalue weighted by atomic mass is 9.87. The van der Waals surface area contributed by atoms with Crippen LogP contribution in [0.3, 0.4) is 0 Å². The highest BCUT2D eigenvalue weighted by Gasteiger charge is 2.14. The lowest BCUT2D eigenvalue weighted by molar-refractivity contribution is -0.119. The number of carbonyl (C=O) groups excluding carboxylic acids is 3. The molecule has 0 bridgehead atoms. The number of hydrogen-bond donors (Lipinski definition) is 3. The van der Waals surface area contributed by atoms with Gasteiger partial charge >= 0.3 is 0 Å². The lowest BCUT2D eigenvalue weighted by Crippen LogP contribution is -2.27. The third-order valence-electron chi connectivity index (χ3n) is 4.61. The Morgan fingerprint density at radius 1 is 0.833 bits per heavy atom. The predicted octanol–water partition coefficient (Wildman–Crippen LogP) is 4.34. The number of anilines is 2. The summed E-state index contributed by atoms with van der Waals surface area (Å²) >= 11 is 0. The average molecular weight is 410 g/mol. The second-order valence-corrected chi connectivity index (χ2v) is 8.60. The normalized spacial score (nSPS) is 11.1. The Labute approximate surface area is 178 Å². The highest BCUT2D eigenvalue weighted by Crippen LogP contribution is 2.22. The van der Waals surface area contributed by atoms with Crippen LogP contribution >= 0.6 is 0 Å². The quantitative estimate of drug-likeness (QED) is 0.636. The van der Waals surface area contributed by atoms with Crippen molar-refractivity contribution in [3.05, 3.63) is 59.7 Å². The summed E-state index contributed by atoms with van der Waals surface area (Å²) in [7, 11) is 0. The van der Waals surface area contributed by atoms with Gasteiger partial charge in [-0.25, -0.2) is 0 Å². The fraction of sp³-hybridized carbons (Fsp3) is 0.375. The molecular formula is C24H31N3O3. The summed E-state index contributed by atoms with van der Waals surface area (Å²) in [5.74, 6) is -0.558. The third-order valence-corrected chi connectivity index (χ3v) is 4.61. The molecule has 6 nitrogen and oxygen atoms in total. The van der Waals surface area contributed by atoms with Gasteiger partial charge in [-0.05, 0) is 47.4 Å². The van der Waals surface area contributed by atoms with E-state index in [0.717, 1.165) is 5.56 Å². The molecule has 0 aromatic heterocycles. The van der Waals surface area contributed by atoms with E-state index in [0.29, 0.717) is 16.9 Å². The average Bonchev–Trinajstić information content (AvgIpc) is 2.68. The van der Waals surface area contributed by atoms with Crippen LogP contribution in [0, 0.1) is 5.92 Å². The van der Waals surface area contributed by atoms with E-state index >= 15 is 0 Å². The van der Waals surface area contributed by atoms with E-state index in [1.54, 1.807) is 36.4 Å². The van der Waals surface area contributed by atoms with E-state index in [4.69, 9.17) is 0 Å². The van der Waals surface area contributed by atoms with Crippen LogP contribution in [0.25, 0.3) is 0 Å². The summed E-state index contributed by atoms with van der Waals surface area (Å²) < 4.78 is 0. The Hall–Kier alpha value is -3.15. The van der Waals surface area contributed by atoms with E-state index < -0.39 is 0 Å². The van der Waals surface area contributed by atoms with Crippen molar-refractivity contribution in [2.45, 2.75) is 46.5 Å². The molecule has 0 aliphatic heterocycles. The number of carbonyl (C=O) groups is 3. The van der Waals surface area contributed by atoms with Gasteiger partial charge in [-0.2, -0.15) is 0 Å². The van der Waals surface area contributed by atoms with Crippen molar-refractivity contribution >= 4 is 29.1 Å². The molecule has 3 amide bonds. The highest BCUT2D eigenvalue weighted by molar-refractivity contribution is 5.95. The molecule has 2 aromatic carbocycles. The summed E-state index contributed by atoms with van der Waals surface area (Å²) in [5, 5.41) is 8.34. The van der Waals surface area contributed by atoms with Crippen LogP contribution in [0.5, 0.6) is 0 Å². The van der Waals surface area contributed by atoms with E-state index in [1.807, 2.05) is 26.0 Å². The molecule has 2 rings (SSSR count). The molecule has 0 aliphatic carbocycles. The van der Waals surface area contributed by atoms with Crippen molar-refractivity contribution in [2.75, 3.05) is 17.2 Å². The molecule has 0 aliphatic rings. The molecule has 0 heterocycles. The van der Waals surface area contributed by atoms with Crippen LogP contribution in [-0.4, -0.2) is 24.3 Å². The second-order valence-electron chi connectivity index (χ2n) is 8.60. The molecule has 0 unspecified atom stereocenters. The van der Waals surface area contributed by atoms with Crippen molar-refractivity contribution in [3.8, 4) is 0 Å². The fourth-order valence-electron chi connectivity index (χ4n) is 2.66. The predicted molar refractivity (Wildman–Crippen MR) is 121 cm³/mol. The molecule has 2 aromatic rings. The van der Waals surface area contributed by atoms with Gasteiger partial charge in [0.2, 0.25) is 11.8 Å². The smallest absolute Gasteiger partial charge is 0.251 e. The molecular weight excluding hydrogens is 378 g/mol. The summed E-state index contributed by atoms with van der Waals surface area (Å²) in [6.07, 6.45) is 0.164. The van der Waals surface area contributed by atoms with Gasteiger partial charge in [0.25, 0.3) is 5.91 Å². The summed E-state index contributed by atoms with van der Waals surface area (Å²) in [5.41, 5.74) is 3.07. The Balaban J connectivity index is 1.78. The van der Waals surface area contributed by atoms with Crippen LogP contribution in [0.4, 0.5) is 11.4 Å². The minimum Gasteiger partial charge on any atom is -0.352 e. The first-order valence-electron chi connectivity index (χ1n) is 10.2. The monoisotopic (exact) mass is 409 g/mol. The summed E-state index contributed by atoms with van der Waals surface area (Å²) in [6.45, 7) is 10.3. The van der Waals surface area contributed by atoms with Crippen molar-refractivity contribution in [3.63, 3.8) is 0 Å². The number of rotatable bonds is 7. The van der Waals surface area contributed by atoms with Gasteiger partial charge < -0.3 is 16.0 Å². The van der Waals surface area contributed by atoms with E-state index in [9.17, 15) is 14.4 Å². The van der Waals surface area contributed by atoms with Gasteiger partial charge in [0.15, 0.2) is 0 Å².